The largest absolute Gasteiger partial charge is 0.154 e. The van der Waals surface area contributed by atoms with Crippen LogP contribution in [-0.2, 0) is 0 Å². The second kappa shape index (κ2) is 3.64. The minimum Gasteiger partial charge on any atom is -0.0552 e. The van der Waals surface area contributed by atoms with Crippen LogP contribution in [0.5, 0.6) is 0 Å². The Balaban J connectivity index is 3.56. The van der Waals surface area contributed by atoms with Crippen LogP contribution in [0, 0.1) is 4.99 Å². The zero-order chi connectivity index (χ0) is 5.91. The van der Waals surface area contributed by atoms with Gasteiger partial charge in [-0.3, -0.25) is 0 Å². The van der Waals surface area contributed by atoms with Gasteiger partial charge in [-0.25, -0.2) is 0 Å². The molecule has 0 saturated carbocycles. The van der Waals surface area contributed by atoms with Crippen LogP contribution < -0.4 is 0 Å². The fourth-order valence-electron chi connectivity index (χ4n) is 0.0619. The Bertz CT molecular complexity index is 69.5. The Morgan fingerprint density at radius 3 is 1.71 bits per heavy atom. The molecule has 41 valence electrons. The highest BCUT2D eigenvalue weighted by Gasteiger charge is 2.10. The van der Waals surface area contributed by atoms with Crippen molar-refractivity contribution in [2.75, 3.05) is 0 Å². The van der Waals surface area contributed by atoms with Crippen LogP contribution >= 0.6 is 63.7 Å². The van der Waals surface area contributed by atoms with Gasteiger partial charge >= 0.3 is 0 Å². The number of rotatable bonds is 0. The quantitative estimate of drug-likeness (QED) is 0.583. The summed E-state index contributed by atoms with van der Waals surface area (Å²) < 4.78 is -0.295. The first-order valence-corrected chi connectivity index (χ1v) is 4.51. The number of allylic oxidation sites excluding steroid dienone is 1. The highest BCUT2D eigenvalue weighted by atomic mass is 80.0. The van der Waals surface area contributed by atoms with Gasteiger partial charge in [0.2, 0.25) is 0 Å². The second-order valence-corrected chi connectivity index (χ2v) is 8.20. The lowest BCUT2D eigenvalue weighted by molar-refractivity contribution is 1.66. The molecule has 0 heterocycles. The predicted octanol–water partition coefficient (Wildman–Crippen LogP) is 3.54. The highest BCUT2D eigenvalue weighted by Crippen LogP contribution is 2.34. The maximum Gasteiger partial charge on any atom is 0.154 e. The first-order chi connectivity index (χ1) is 3.06. The van der Waals surface area contributed by atoms with E-state index in [0.29, 0.717) is 0 Å². The molecule has 0 aliphatic rings. The zero-order valence-corrected chi connectivity index (χ0v) is 9.43. The van der Waals surface area contributed by atoms with Crippen molar-refractivity contribution in [2.24, 2.45) is 0 Å². The van der Waals surface area contributed by atoms with Gasteiger partial charge in [-0.2, -0.15) is 0 Å². The standard InChI is InChI=1S/C3HBr4/c4-2-1-3(5,6)7/h1H. The maximum atomic E-state index is 3.22. The smallest absolute Gasteiger partial charge is 0.0552 e. The number of alkyl halides is 3. The Morgan fingerprint density at radius 1 is 1.29 bits per heavy atom. The number of hydrogen-bond donors (Lipinski definition) is 0. The van der Waals surface area contributed by atoms with Crippen LogP contribution in [-0.4, -0.2) is 2.14 Å². The van der Waals surface area contributed by atoms with Crippen molar-refractivity contribution in [2.45, 2.75) is 2.14 Å². The van der Waals surface area contributed by atoms with Crippen LogP contribution in [0.25, 0.3) is 0 Å². The lowest BCUT2D eigenvalue weighted by atomic mass is 10.8. The van der Waals surface area contributed by atoms with E-state index in [-0.39, 0.29) is 2.14 Å². The lowest BCUT2D eigenvalue weighted by Gasteiger charge is -2.00. The minimum atomic E-state index is -0.295. The van der Waals surface area contributed by atoms with Crippen LogP contribution in [0.4, 0.5) is 0 Å². The average Bonchev–Trinajstić information content (AvgIpc) is 1.30. The van der Waals surface area contributed by atoms with Crippen molar-refractivity contribution in [3.63, 3.8) is 0 Å². The predicted molar refractivity (Wildman–Crippen MR) is 46.3 cm³/mol. The summed E-state index contributed by atoms with van der Waals surface area (Å²) >= 11 is 12.7. The molecule has 7 heavy (non-hydrogen) atoms. The monoisotopic (exact) mass is 353 g/mol. The SMILES string of the molecule is Br/[C]=C\C(Br)(Br)Br. The van der Waals surface area contributed by atoms with Gasteiger partial charge in [-0.15, -0.1) is 0 Å². The van der Waals surface area contributed by atoms with Gasteiger partial charge in [0.1, 0.15) is 0 Å². The summed E-state index contributed by atoms with van der Waals surface area (Å²) in [7, 11) is 0. The molecule has 0 amide bonds. The van der Waals surface area contributed by atoms with E-state index in [9.17, 15) is 0 Å². The van der Waals surface area contributed by atoms with Gasteiger partial charge in [0, 0.05) is 4.99 Å². The second-order valence-electron chi connectivity index (χ2n) is 0.795. The van der Waals surface area contributed by atoms with Crippen molar-refractivity contribution >= 4 is 63.7 Å². The van der Waals surface area contributed by atoms with E-state index in [1.54, 1.807) is 6.08 Å². The van der Waals surface area contributed by atoms with Crippen molar-refractivity contribution in [1.82, 2.24) is 0 Å². The van der Waals surface area contributed by atoms with Crippen LogP contribution in [0.1, 0.15) is 0 Å². The topological polar surface area (TPSA) is 0 Å². The summed E-state index contributed by atoms with van der Waals surface area (Å²) in [5, 5.41) is 0. The molecule has 1 radical (unpaired) electrons. The number of hydrogen-bond acceptors (Lipinski definition) is 0. The fourth-order valence-corrected chi connectivity index (χ4v) is 1.67. The van der Waals surface area contributed by atoms with Crippen LogP contribution in [0.15, 0.2) is 6.08 Å². The molecule has 0 aliphatic heterocycles. The molecule has 0 aliphatic carbocycles. The van der Waals surface area contributed by atoms with E-state index >= 15 is 0 Å². The normalized spacial score (nSPS) is 13.1. The molecule has 0 bridgehead atoms. The summed E-state index contributed by atoms with van der Waals surface area (Å²) in [6.07, 6.45) is 1.73. The van der Waals surface area contributed by atoms with Gasteiger partial charge in [0.05, 0.1) is 0 Å². The molecule has 0 aromatic rings. The molecule has 0 aromatic carbocycles. The van der Waals surface area contributed by atoms with Gasteiger partial charge in [-0.05, 0) is 22.0 Å². The zero-order valence-electron chi connectivity index (χ0n) is 3.09. The van der Waals surface area contributed by atoms with E-state index < -0.39 is 0 Å². The molecule has 0 rings (SSSR count). The van der Waals surface area contributed by atoms with E-state index in [2.05, 4.69) is 68.7 Å². The summed E-state index contributed by atoms with van der Waals surface area (Å²) in [6.45, 7) is 0. The van der Waals surface area contributed by atoms with Gasteiger partial charge < -0.3 is 0 Å². The summed E-state index contributed by atoms with van der Waals surface area (Å²) in [4.78, 5) is 2.65. The van der Waals surface area contributed by atoms with E-state index in [4.69, 9.17) is 0 Å². The molecule has 0 saturated heterocycles. The highest BCUT2D eigenvalue weighted by molar-refractivity contribution is 9.39. The molecule has 0 N–H and O–H groups in total. The third-order valence-corrected chi connectivity index (χ3v) is 1.13. The first-order valence-electron chi connectivity index (χ1n) is 1.33. The average molecular weight is 357 g/mol. The molecular weight excluding hydrogens is 356 g/mol. The van der Waals surface area contributed by atoms with Crippen molar-refractivity contribution < 1.29 is 0 Å². The Morgan fingerprint density at radius 2 is 1.71 bits per heavy atom. The molecule has 0 atom stereocenters. The molecule has 0 fully saturated rings. The van der Waals surface area contributed by atoms with Crippen molar-refractivity contribution in [3.8, 4) is 0 Å². The number of halogens is 4. The van der Waals surface area contributed by atoms with E-state index in [0.717, 1.165) is 0 Å². The fraction of sp³-hybridized carbons (Fsp3) is 0.333. The molecule has 0 nitrogen and oxygen atoms in total. The third kappa shape index (κ3) is 7.66. The van der Waals surface area contributed by atoms with Crippen LogP contribution in [0.3, 0.4) is 0 Å². The van der Waals surface area contributed by atoms with Gasteiger partial charge in [-0.1, -0.05) is 47.8 Å². The molecule has 0 unspecified atom stereocenters. The molecule has 0 aromatic heterocycles. The van der Waals surface area contributed by atoms with Crippen molar-refractivity contribution in [1.29, 1.82) is 0 Å². The van der Waals surface area contributed by atoms with Crippen molar-refractivity contribution in [3.05, 3.63) is 11.1 Å². The summed E-state index contributed by atoms with van der Waals surface area (Å²) in [6, 6.07) is 0. The molecule has 0 spiro atoms. The third-order valence-electron chi connectivity index (χ3n) is 0.218. The molecular formula is C3HBr4. The first kappa shape index (κ1) is 8.66. The minimum absolute atomic E-state index is 0.295. The Labute approximate surface area is 76.2 Å². The van der Waals surface area contributed by atoms with E-state index in [1.807, 2.05) is 0 Å². The summed E-state index contributed by atoms with van der Waals surface area (Å²) in [5.41, 5.74) is 0. The Hall–Kier alpha value is 1.66. The lowest BCUT2D eigenvalue weighted by Crippen LogP contribution is -1.88. The summed E-state index contributed by atoms with van der Waals surface area (Å²) in [5.74, 6) is 0. The maximum absolute atomic E-state index is 3.22. The van der Waals surface area contributed by atoms with Gasteiger partial charge in [0.25, 0.3) is 0 Å². The molecule has 4 heteroatoms. The van der Waals surface area contributed by atoms with E-state index in [1.165, 1.54) is 0 Å². The Kier molecular flexibility index (Phi) is 4.50. The van der Waals surface area contributed by atoms with Gasteiger partial charge in [0.15, 0.2) is 2.14 Å². The van der Waals surface area contributed by atoms with Crippen LogP contribution in [0.2, 0.25) is 0 Å².